The van der Waals surface area contributed by atoms with Crippen molar-refractivity contribution < 1.29 is 4.74 Å². The third-order valence-corrected chi connectivity index (χ3v) is 5.26. The molecule has 3 heterocycles. The van der Waals surface area contributed by atoms with E-state index in [1.165, 1.54) is 23.3 Å². The monoisotopic (exact) mass is 295 g/mol. The molecule has 0 bridgehead atoms. The van der Waals surface area contributed by atoms with Crippen molar-refractivity contribution in [3.8, 4) is 0 Å². The van der Waals surface area contributed by atoms with Crippen molar-refractivity contribution in [2.45, 2.75) is 19.3 Å². The van der Waals surface area contributed by atoms with Gasteiger partial charge in [0.05, 0.1) is 18.6 Å². The minimum Gasteiger partial charge on any atom is -0.378 e. The number of hydrogen-bond donors (Lipinski definition) is 0. The van der Waals surface area contributed by atoms with Crippen molar-refractivity contribution >= 4 is 39.1 Å². The number of aryl methyl sites for hydroxylation is 2. The fourth-order valence-electron chi connectivity index (χ4n) is 2.85. The van der Waals surface area contributed by atoms with Crippen molar-refractivity contribution in [2.75, 3.05) is 31.2 Å². The first kappa shape index (κ1) is 11.9. The molecule has 0 unspecified atom stereocenters. The summed E-state index contributed by atoms with van der Waals surface area (Å²) < 4.78 is 5.36. The van der Waals surface area contributed by atoms with E-state index in [1.807, 2.05) is 0 Å². The van der Waals surface area contributed by atoms with Crippen LogP contribution in [0.1, 0.15) is 16.9 Å². The summed E-state index contributed by atoms with van der Waals surface area (Å²) in [6, 6.07) is 0. The van der Waals surface area contributed by atoms with E-state index in [1.54, 1.807) is 11.3 Å². The van der Waals surface area contributed by atoms with Crippen molar-refractivity contribution in [3.63, 3.8) is 0 Å². The molecule has 2 aliphatic rings. The number of thiophene rings is 1. The number of anilines is 1. The zero-order valence-electron chi connectivity index (χ0n) is 10.5. The van der Waals surface area contributed by atoms with Crippen LogP contribution in [0.2, 0.25) is 5.15 Å². The van der Waals surface area contributed by atoms with E-state index >= 15 is 0 Å². The van der Waals surface area contributed by atoms with E-state index in [0.29, 0.717) is 5.15 Å². The molecular formula is C13H14ClN3OS. The first-order chi connectivity index (χ1) is 9.33. The topological polar surface area (TPSA) is 38.2 Å². The second-order valence-electron chi connectivity index (χ2n) is 4.95. The molecule has 0 saturated carbocycles. The van der Waals surface area contributed by atoms with Crippen LogP contribution in [0, 0.1) is 0 Å². The molecule has 1 aliphatic carbocycles. The molecule has 0 N–H and O–H groups in total. The van der Waals surface area contributed by atoms with Gasteiger partial charge in [-0.2, -0.15) is 0 Å². The van der Waals surface area contributed by atoms with E-state index in [4.69, 9.17) is 21.3 Å². The molecule has 2 aromatic rings. The van der Waals surface area contributed by atoms with Gasteiger partial charge in [-0.3, -0.25) is 0 Å². The zero-order valence-corrected chi connectivity index (χ0v) is 12.1. The predicted molar refractivity (Wildman–Crippen MR) is 77.5 cm³/mol. The minimum absolute atomic E-state index is 0.617. The molecule has 0 amide bonds. The quantitative estimate of drug-likeness (QED) is 0.758. The lowest BCUT2D eigenvalue weighted by Gasteiger charge is -2.26. The fourth-order valence-corrected chi connectivity index (χ4v) is 4.44. The lowest BCUT2D eigenvalue weighted by Crippen LogP contribution is -2.37. The number of nitrogens with zero attached hydrogens (tertiary/aromatic N) is 3. The smallest absolute Gasteiger partial charge is 0.228 e. The van der Waals surface area contributed by atoms with Crippen LogP contribution in [-0.2, 0) is 17.6 Å². The highest BCUT2D eigenvalue weighted by Crippen LogP contribution is 2.39. The number of fused-ring (bicyclic) bond motifs is 3. The molecule has 0 spiro atoms. The van der Waals surface area contributed by atoms with Gasteiger partial charge in [-0.05, 0) is 24.8 Å². The Balaban J connectivity index is 1.82. The molecule has 0 aromatic carbocycles. The molecule has 4 nitrogen and oxygen atoms in total. The SMILES string of the molecule is Clc1nc(N2CCOCC2)nc2sc3c(c12)CCC3. The van der Waals surface area contributed by atoms with Gasteiger partial charge in [0.15, 0.2) is 0 Å². The van der Waals surface area contributed by atoms with Crippen LogP contribution in [-0.4, -0.2) is 36.3 Å². The van der Waals surface area contributed by atoms with Gasteiger partial charge >= 0.3 is 0 Å². The summed E-state index contributed by atoms with van der Waals surface area (Å²) in [5.74, 6) is 0.751. The molecule has 19 heavy (non-hydrogen) atoms. The average Bonchev–Trinajstić information content (AvgIpc) is 2.99. The summed E-state index contributed by atoms with van der Waals surface area (Å²) in [6.45, 7) is 3.15. The first-order valence-electron chi connectivity index (χ1n) is 6.63. The van der Waals surface area contributed by atoms with Gasteiger partial charge in [-0.25, -0.2) is 9.97 Å². The van der Waals surface area contributed by atoms with Crippen LogP contribution >= 0.6 is 22.9 Å². The molecule has 1 saturated heterocycles. The normalized spacial score (nSPS) is 19.1. The number of hydrogen-bond acceptors (Lipinski definition) is 5. The average molecular weight is 296 g/mol. The summed E-state index contributed by atoms with van der Waals surface area (Å²) in [5, 5.41) is 1.71. The third kappa shape index (κ3) is 1.91. The first-order valence-corrected chi connectivity index (χ1v) is 7.83. The van der Waals surface area contributed by atoms with Crippen LogP contribution in [0.25, 0.3) is 10.2 Å². The standard InChI is InChI=1S/C13H14ClN3OS/c14-11-10-8-2-1-3-9(8)19-12(10)16-13(15-11)17-4-6-18-7-5-17/h1-7H2. The van der Waals surface area contributed by atoms with Crippen molar-refractivity contribution in [2.24, 2.45) is 0 Å². The van der Waals surface area contributed by atoms with Crippen LogP contribution in [0.4, 0.5) is 5.95 Å². The highest BCUT2D eigenvalue weighted by molar-refractivity contribution is 7.19. The Bertz CT molecular complexity index is 636. The van der Waals surface area contributed by atoms with Gasteiger partial charge < -0.3 is 9.64 Å². The molecule has 2 aromatic heterocycles. The molecule has 0 radical (unpaired) electrons. The van der Waals surface area contributed by atoms with E-state index in [2.05, 4.69) is 9.88 Å². The third-order valence-electron chi connectivity index (χ3n) is 3.80. The maximum atomic E-state index is 6.40. The summed E-state index contributed by atoms with van der Waals surface area (Å²) in [6.07, 6.45) is 3.52. The molecule has 1 fully saturated rings. The summed E-state index contributed by atoms with van der Waals surface area (Å²) in [4.78, 5) is 13.9. The van der Waals surface area contributed by atoms with Crippen LogP contribution < -0.4 is 4.90 Å². The molecule has 4 rings (SSSR count). The highest BCUT2D eigenvalue weighted by Gasteiger charge is 2.23. The Morgan fingerprint density at radius 2 is 2.00 bits per heavy atom. The number of halogens is 1. The maximum absolute atomic E-state index is 6.40. The molecular weight excluding hydrogens is 282 g/mol. The van der Waals surface area contributed by atoms with Gasteiger partial charge in [0.1, 0.15) is 9.98 Å². The summed E-state index contributed by atoms with van der Waals surface area (Å²) in [5.41, 5.74) is 1.39. The summed E-state index contributed by atoms with van der Waals surface area (Å²) >= 11 is 8.19. The van der Waals surface area contributed by atoms with Gasteiger partial charge in [-0.15, -0.1) is 11.3 Å². The predicted octanol–water partition coefficient (Wildman–Crippen LogP) is 2.67. The van der Waals surface area contributed by atoms with E-state index in [-0.39, 0.29) is 0 Å². The number of aromatic nitrogens is 2. The molecule has 1 aliphatic heterocycles. The van der Waals surface area contributed by atoms with Gasteiger partial charge in [0.2, 0.25) is 5.95 Å². The maximum Gasteiger partial charge on any atom is 0.228 e. The van der Waals surface area contributed by atoms with Gasteiger partial charge in [0.25, 0.3) is 0 Å². The summed E-state index contributed by atoms with van der Waals surface area (Å²) in [7, 11) is 0. The van der Waals surface area contributed by atoms with Crippen molar-refractivity contribution in [1.29, 1.82) is 0 Å². The Labute approximate surface area is 120 Å². The minimum atomic E-state index is 0.617. The van der Waals surface area contributed by atoms with Crippen LogP contribution in [0.5, 0.6) is 0 Å². The van der Waals surface area contributed by atoms with E-state index in [9.17, 15) is 0 Å². The van der Waals surface area contributed by atoms with Crippen molar-refractivity contribution in [1.82, 2.24) is 9.97 Å². The van der Waals surface area contributed by atoms with E-state index in [0.717, 1.165) is 48.9 Å². The Hall–Kier alpha value is -0.910. The largest absolute Gasteiger partial charge is 0.378 e. The molecule has 100 valence electrons. The Kier molecular flexibility index (Phi) is 2.86. The van der Waals surface area contributed by atoms with Crippen molar-refractivity contribution in [3.05, 3.63) is 15.6 Å². The second kappa shape index (κ2) is 4.58. The highest BCUT2D eigenvalue weighted by atomic mass is 35.5. The second-order valence-corrected chi connectivity index (χ2v) is 6.39. The fraction of sp³-hybridized carbons (Fsp3) is 0.538. The molecule has 0 atom stereocenters. The zero-order chi connectivity index (χ0) is 12.8. The number of rotatable bonds is 1. The van der Waals surface area contributed by atoms with Gasteiger partial charge in [0, 0.05) is 18.0 Å². The lowest BCUT2D eigenvalue weighted by molar-refractivity contribution is 0.122. The lowest BCUT2D eigenvalue weighted by atomic mass is 10.2. The van der Waals surface area contributed by atoms with Crippen LogP contribution in [0.3, 0.4) is 0 Å². The Morgan fingerprint density at radius 3 is 2.84 bits per heavy atom. The number of morpholine rings is 1. The van der Waals surface area contributed by atoms with Gasteiger partial charge in [-0.1, -0.05) is 11.6 Å². The number of ether oxygens (including phenoxy) is 1. The van der Waals surface area contributed by atoms with E-state index < -0.39 is 0 Å². The Morgan fingerprint density at radius 1 is 1.16 bits per heavy atom. The van der Waals surface area contributed by atoms with Crippen LogP contribution in [0.15, 0.2) is 0 Å². The molecule has 6 heteroatoms.